The maximum Gasteiger partial charge on any atom is 0.188 e. The number of oxime groups is 1. The summed E-state index contributed by atoms with van der Waals surface area (Å²) < 4.78 is 13.0. The van der Waals surface area contributed by atoms with Gasteiger partial charge in [-0.3, -0.25) is 0 Å². The van der Waals surface area contributed by atoms with Gasteiger partial charge in [-0.05, 0) is 35.5 Å². The molecule has 6 aliphatic carbocycles. The van der Waals surface area contributed by atoms with E-state index in [9.17, 15) is 5.21 Å². The van der Waals surface area contributed by atoms with Gasteiger partial charge in [0.15, 0.2) is 5.79 Å². The molecule has 1 aromatic rings. The molecule has 6 atom stereocenters. The Kier molecular flexibility index (Phi) is 1.84. The summed E-state index contributed by atoms with van der Waals surface area (Å²) in [5.74, 6) is 5.18. The summed E-state index contributed by atoms with van der Waals surface area (Å²) in [5, 5.41) is 13.1. The number of hydrogen-bond acceptors (Lipinski definition) is 4. The Hall–Kier alpha value is -0.910. The minimum Gasteiger partial charge on any atom is -0.411 e. The van der Waals surface area contributed by atoms with Crippen molar-refractivity contribution >= 4 is 21.6 Å². The van der Waals surface area contributed by atoms with E-state index in [4.69, 9.17) is 9.47 Å². The van der Waals surface area contributed by atoms with Gasteiger partial charge in [0.05, 0.1) is 10.9 Å². The van der Waals surface area contributed by atoms with Gasteiger partial charge >= 0.3 is 0 Å². The highest BCUT2D eigenvalue weighted by molar-refractivity contribution is 9.10. The third-order valence-corrected chi connectivity index (χ3v) is 9.62. The van der Waals surface area contributed by atoms with Crippen LogP contribution in [-0.4, -0.2) is 33.7 Å². The highest BCUT2D eigenvalue weighted by Gasteiger charge is 3.04. The molecule has 1 spiro atoms. The number of rotatable bonds is 2. The van der Waals surface area contributed by atoms with E-state index in [0.29, 0.717) is 18.2 Å². The molecule has 6 saturated carbocycles. The molecule has 7 fully saturated rings. The van der Waals surface area contributed by atoms with Crippen molar-refractivity contribution in [3.63, 3.8) is 0 Å². The van der Waals surface area contributed by atoms with Crippen LogP contribution in [0.25, 0.3) is 0 Å². The van der Waals surface area contributed by atoms with E-state index >= 15 is 0 Å². The first kappa shape index (κ1) is 12.5. The van der Waals surface area contributed by atoms with Gasteiger partial charge in [0, 0.05) is 11.5 Å². The van der Waals surface area contributed by atoms with Gasteiger partial charge in [0.1, 0.15) is 11.8 Å². The van der Waals surface area contributed by atoms with Crippen LogP contribution in [0.2, 0.25) is 0 Å². The Morgan fingerprint density at radius 3 is 2.39 bits per heavy atom. The molecule has 8 rings (SSSR count). The quantitative estimate of drug-likeness (QED) is 0.375. The first-order valence-electron chi connectivity index (χ1n) is 8.52. The van der Waals surface area contributed by atoms with Gasteiger partial charge < -0.3 is 14.7 Å². The fraction of sp³-hybridized carbons (Fsp3) is 0.611. The number of nitrogens with zero attached hydrogens (tertiary/aromatic N) is 1. The number of halogens is 1. The molecule has 1 saturated heterocycles. The normalized spacial score (nSPS) is 62.4. The molecule has 1 heterocycles. The molecule has 7 aliphatic rings. The summed E-state index contributed by atoms with van der Waals surface area (Å²) in [4.78, 5) is 0. The molecule has 1 aromatic carbocycles. The molecule has 6 unspecified atom stereocenters. The van der Waals surface area contributed by atoms with Crippen molar-refractivity contribution < 1.29 is 14.7 Å². The zero-order valence-electron chi connectivity index (χ0n) is 12.3. The number of hydrogen-bond donors (Lipinski definition) is 1. The van der Waals surface area contributed by atoms with Crippen molar-refractivity contribution in [3.05, 3.63) is 35.9 Å². The Balaban J connectivity index is 1.27. The third-order valence-electron chi connectivity index (χ3n) is 8.01. The van der Waals surface area contributed by atoms with E-state index in [1.54, 1.807) is 0 Å². The molecule has 118 valence electrons. The smallest absolute Gasteiger partial charge is 0.188 e. The second kappa shape index (κ2) is 3.39. The van der Waals surface area contributed by atoms with E-state index in [1.165, 1.54) is 0 Å². The molecule has 0 radical (unpaired) electrons. The van der Waals surface area contributed by atoms with Crippen LogP contribution in [0.1, 0.15) is 5.56 Å². The van der Waals surface area contributed by atoms with Crippen LogP contribution in [0.15, 0.2) is 35.5 Å². The van der Waals surface area contributed by atoms with E-state index in [2.05, 4.69) is 21.1 Å². The van der Waals surface area contributed by atoms with Crippen LogP contribution in [0.5, 0.6) is 0 Å². The summed E-state index contributed by atoms with van der Waals surface area (Å²) in [7, 11) is 0. The maximum atomic E-state index is 9.55. The zero-order valence-corrected chi connectivity index (χ0v) is 13.9. The van der Waals surface area contributed by atoms with Crippen LogP contribution >= 0.6 is 15.9 Å². The first-order valence-corrected chi connectivity index (χ1v) is 9.31. The van der Waals surface area contributed by atoms with Crippen molar-refractivity contribution in [2.45, 2.75) is 16.2 Å². The number of benzene rings is 1. The molecule has 0 aromatic heterocycles. The molecule has 1 aliphatic heterocycles. The van der Waals surface area contributed by atoms with Gasteiger partial charge in [0.2, 0.25) is 0 Å². The fourth-order valence-electron chi connectivity index (χ4n) is 7.57. The van der Waals surface area contributed by atoms with E-state index < -0.39 is 5.79 Å². The predicted molar refractivity (Wildman–Crippen MR) is 84.4 cm³/mol. The lowest BCUT2D eigenvalue weighted by Crippen LogP contribution is -2.86. The summed E-state index contributed by atoms with van der Waals surface area (Å²) in [5.41, 5.74) is 1.48. The van der Waals surface area contributed by atoms with E-state index in [1.807, 2.05) is 30.3 Å². The fourth-order valence-corrected chi connectivity index (χ4v) is 9.26. The molecule has 1 N–H and O–H groups in total. The Labute approximate surface area is 142 Å². The lowest BCUT2D eigenvalue weighted by molar-refractivity contribution is -0.368. The van der Waals surface area contributed by atoms with Crippen LogP contribution < -0.4 is 0 Å². The van der Waals surface area contributed by atoms with Gasteiger partial charge in [-0.15, -0.1) is 0 Å². The van der Waals surface area contributed by atoms with Crippen molar-refractivity contribution in [2.24, 2.45) is 46.6 Å². The minimum atomic E-state index is -0.476. The Morgan fingerprint density at radius 2 is 1.78 bits per heavy atom. The van der Waals surface area contributed by atoms with Gasteiger partial charge in [0.25, 0.3) is 0 Å². The van der Waals surface area contributed by atoms with Gasteiger partial charge in [-0.2, -0.15) is 0 Å². The van der Waals surface area contributed by atoms with Crippen molar-refractivity contribution in [2.75, 3.05) is 6.61 Å². The second-order valence-electron chi connectivity index (χ2n) is 8.09. The summed E-state index contributed by atoms with van der Waals surface area (Å²) >= 11 is 4.08. The van der Waals surface area contributed by atoms with E-state index in [-0.39, 0.29) is 10.4 Å². The highest BCUT2D eigenvalue weighted by Crippen LogP contribution is 3.00. The molecule has 23 heavy (non-hydrogen) atoms. The Bertz CT molecular complexity index is 762. The Morgan fingerprint density at radius 1 is 1.09 bits per heavy atom. The standard InChI is InChI=1S/C18H16BrNO3/c19-17-13-10-9-11(13)15(12(9)14(10)17)18(17)22-6-8(23-18)16(20-21)7-4-2-1-3-5-7/h1-5,8-15,21H,6H2/b20-16+. The maximum absolute atomic E-state index is 9.55. The first-order chi connectivity index (χ1) is 11.2. The predicted octanol–water partition coefficient (Wildman–Crippen LogP) is 2.49. The van der Waals surface area contributed by atoms with Gasteiger partial charge in [-0.25, -0.2) is 0 Å². The van der Waals surface area contributed by atoms with Crippen molar-refractivity contribution in [1.82, 2.24) is 0 Å². The highest BCUT2D eigenvalue weighted by atomic mass is 79.9. The van der Waals surface area contributed by atoms with E-state index in [0.717, 1.165) is 41.1 Å². The number of ether oxygens (including phenoxy) is 2. The lowest BCUT2D eigenvalue weighted by atomic mass is 9.20. The van der Waals surface area contributed by atoms with Crippen molar-refractivity contribution in [1.29, 1.82) is 0 Å². The molecular formula is C18H16BrNO3. The van der Waals surface area contributed by atoms with Crippen LogP contribution in [0.3, 0.4) is 0 Å². The third kappa shape index (κ3) is 0.926. The van der Waals surface area contributed by atoms with Crippen LogP contribution in [-0.2, 0) is 9.47 Å². The lowest BCUT2D eigenvalue weighted by Gasteiger charge is -2.85. The topological polar surface area (TPSA) is 51.1 Å². The summed E-state index contributed by atoms with van der Waals surface area (Å²) in [6.07, 6.45) is -0.285. The SMILES string of the molecule is O/N=C(\c1ccccc1)C1COC2(O1)C1C3C4C1C1C4C3C12Br. The summed E-state index contributed by atoms with van der Waals surface area (Å²) in [6.45, 7) is 0.479. The van der Waals surface area contributed by atoms with Crippen LogP contribution in [0, 0.1) is 41.4 Å². The summed E-state index contributed by atoms with van der Waals surface area (Å²) in [6, 6.07) is 9.77. The molecule has 4 nitrogen and oxygen atoms in total. The largest absolute Gasteiger partial charge is 0.411 e. The molecular weight excluding hydrogens is 358 g/mol. The minimum absolute atomic E-state index is 0.0332. The molecule has 2 bridgehead atoms. The monoisotopic (exact) mass is 373 g/mol. The average molecular weight is 374 g/mol. The van der Waals surface area contributed by atoms with Crippen LogP contribution in [0.4, 0.5) is 0 Å². The zero-order chi connectivity index (χ0) is 15.1. The average Bonchev–Trinajstić information content (AvgIpc) is 3.01. The van der Waals surface area contributed by atoms with Gasteiger partial charge in [-0.1, -0.05) is 51.4 Å². The number of alkyl halides is 1. The van der Waals surface area contributed by atoms with Crippen molar-refractivity contribution in [3.8, 4) is 0 Å². The second-order valence-corrected chi connectivity index (χ2v) is 9.40. The molecule has 0 amide bonds. The molecule has 5 heteroatoms.